The van der Waals surface area contributed by atoms with Crippen LogP contribution in [0.3, 0.4) is 0 Å². The normalized spacial score (nSPS) is 26.9. The van der Waals surface area contributed by atoms with Gasteiger partial charge in [-0.1, -0.05) is 12.8 Å². The monoisotopic (exact) mass is 258 g/mol. The van der Waals surface area contributed by atoms with Crippen LogP contribution in [0.25, 0.3) is 0 Å². The second kappa shape index (κ2) is 5.32. The van der Waals surface area contributed by atoms with Crippen LogP contribution in [0.1, 0.15) is 55.8 Å². The van der Waals surface area contributed by atoms with Crippen molar-refractivity contribution in [3.8, 4) is 0 Å². The fraction of sp³-hybridized carbons (Fsp3) is 0.625. The molecular weight excluding hydrogens is 236 g/mol. The molecule has 0 bridgehead atoms. The molecule has 2 unspecified atom stereocenters. The third-order valence-corrected chi connectivity index (χ3v) is 4.68. The molecule has 2 aliphatic rings. The van der Waals surface area contributed by atoms with Crippen LogP contribution in [0.15, 0.2) is 18.3 Å². The van der Waals surface area contributed by atoms with Gasteiger partial charge in [0.15, 0.2) is 5.78 Å². The molecule has 102 valence electrons. The molecule has 1 aliphatic carbocycles. The van der Waals surface area contributed by atoms with Crippen molar-refractivity contribution in [3.63, 3.8) is 0 Å². The van der Waals surface area contributed by atoms with Gasteiger partial charge in [-0.15, -0.1) is 0 Å². The van der Waals surface area contributed by atoms with Crippen molar-refractivity contribution in [3.05, 3.63) is 23.9 Å². The lowest BCUT2D eigenvalue weighted by molar-refractivity contribution is 0.101. The van der Waals surface area contributed by atoms with Crippen molar-refractivity contribution in [1.82, 2.24) is 4.98 Å². The lowest BCUT2D eigenvalue weighted by atomic mass is 9.78. The Labute approximate surface area is 115 Å². The number of carbonyl (C=O) groups excluding carboxylic acids is 1. The summed E-state index contributed by atoms with van der Waals surface area (Å²) in [6.45, 7) is 2.70. The predicted octanol–water partition coefficient (Wildman–Crippen LogP) is 3.44. The molecule has 19 heavy (non-hydrogen) atoms. The maximum Gasteiger partial charge on any atom is 0.163 e. The van der Waals surface area contributed by atoms with Crippen LogP contribution in [0, 0.1) is 5.92 Å². The number of Topliss-reactive ketones (excluding diaryl/α,β-unsaturated/α-hetero) is 1. The second-order valence-electron chi connectivity index (χ2n) is 5.88. The molecule has 0 spiro atoms. The minimum absolute atomic E-state index is 0.126. The topological polar surface area (TPSA) is 33.2 Å². The number of anilines is 1. The molecule has 2 heterocycles. The Bertz CT molecular complexity index is 470. The zero-order valence-corrected chi connectivity index (χ0v) is 11.6. The van der Waals surface area contributed by atoms with Crippen molar-refractivity contribution in [2.24, 2.45) is 5.92 Å². The SMILES string of the molecule is CC(=O)c1cccnc1N1CCCC2CCCCC21. The Balaban J connectivity index is 1.94. The van der Waals surface area contributed by atoms with E-state index in [2.05, 4.69) is 9.88 Å². The average molecular weight is 258 g/mol. The lowest BCUT2D eigenvalue weighted by Crippen LogP contribution is -2.47. The molecule has 0 amide bonds. The molecule has 2 atom stereocenters. The Kier molecular flexibility index (Phi) is 3.54. The van der Waals surface area contributed by atoms with Crippen LogP contribution in [-0.2, 0) is 0 Å². The van der Waals surface area contributed by atoms with E-state index in [1.807, 2.05) is 18.3 Å². The largest absolute Gasteiger partial charge is 0.353 e. The first-order chi connectivity index (χ1) is 9.27. The van der Waals surface area contributed by atoms with Gasteiger partial charge in [-0.3, -0.25) is 4.79 Å². The van der Waals surface area contributed by atoms with Gasteiger partial charge in [0.1, 0.15) is 5.82 Å². The van der Waals surface area contributed by atoms with Gasteiger partial charge in [0.05, 0.1) is 5.56 Å². The fourth-order valence-corrected chi connectivity index (χ4v) is 3.79. The van der Waals surface area contributed by atoms with Crippen LogP contribution in [0.4, 0.5) is 5.82 Å². The Morgan fingerprint density at radius 2 is 2.05 bits per heavy atom. The molecule has 0 aromatic carbocycles. The van der Waals surface area contributed by atoms with Gasteiger partial charge in [0.25, 0.3) is 0 Å². The third-order valence-electron chi connectivity index (χ3n) is 4.68. The molecule has 1 aromatic rings. The summed E-state index contributed by atoms with van der Waals surface area (Å²) in [7, 11) is 0. The number of rotatable bonds is 2. The van der Waals surface area contributed by atoms with Gasteiger partial charge in [-0.2, -0.15) is 0 Å². The van der Waals surface area contributed by atoms with Crippen molar-refractivity contribution in [1.29, 1.82) is 0 Å². The van der Waals surface area contributed by atoms with Gasteiger partial charge in [0, 0.05) is 18.8 Å². The zero-order valence-electron chi connectivity index (χ0n) is 11.6. The van der Waals surface area contributed by atoms with Crippen molar-refractivity contribution < 1.29 is 4.79 Å². The summed E-state index contributed by atoms with van der Waals surface area (Å²) < 4.78 is 0. The number of hydrogen-bond donors (Lipinski definition) is 0. The molecular formula is C16H22N2O. The fourth-order valence-electron chi connectivity index (χ4n) is 3.79. The highest BCUT2D eigenvalue weighted by Crippen LogP contribution is 2.38. The highest BCUT2D eigenvalue weighted by Gasteiger charge is 2.34. The maximum absolute atomic E-state index is 11.8. The van der Waals surface area contributed by atoms with E-state index in [-0.39, 0.29) is 5.78 Å². The summed E-state index contributed by atoms with van der Waals surface area (Å²) in [5, 5.41) is 0. The Morgan fingerprint density at radius 1 is 1.26 bits per heavy atom. The van der Waals surface area contributed by atoms with Crippen LogP contribution in [0.5, 0.6) is 0 Å². The van der Waals surface area contributed by atoms with E-state index < -0.39 is 0 Å². The van der Waals surface area contributed by atoms with E-state index >= 15 is 0 Å². The summed E-state index contributed by atoms with van der Waals surface area (Å²) in [6.07, 6.45) is 9.70. The van der Waals surface area contributed by atoms with Gasteiger partial charge in [0.2, 0.25) is 0 Å². The van der Waals surface area contributed by atoms with E-state index in [1.54, 1.807) is 6.92 Å². The minimum Gasteiger partial charge on any atom is -0.353 e. The van der Waals surface area contributed by atoms with Crippen LogP contribution < -0.4 is 4.90 Å². The van der Waals surface area contributed by atoms with E-state index in [1.165, 1.54) is 38.5 Å². The number of hydrogen-bond acceptors (Lipinski definition) is 3. The average Bonchev–Trinajstić information content (AvgIpc) is 2.46. The first kappa shape index (κ1) is 12.6. The first-order valence-electron chi connectivity index (χ1n) is 7.50. The number of fused-ring (bicyclic) bond motifs is 1. The van der Waals surface area contributed by atoms with Crippen molar-refractivity contribution >= 4 is 11.6 Å². The van der Waals surface area contributed by atoms with Gasteiger partial charge < -0.3 is 4.90 Å². The van der Waals surface area contributed by atoms with Crippen LogP contribution in [-0.4, -0.2) is 23.4 Å². The molecule has 1 aromatic heterocycles. The summed E-state index contributed by atoms with van der Waals surface area (Å²) in [6, 6.07) is 4.38. The molecule has 0 radical (unpaired) electrons. The number of carbonyl (C=O) groups is 1. The lowest BCUT2D eigenvalue weighted by Gasteiger charge is -2.45. The number of aromatic nitrogens is 1. The van der Waals surface area contributed by atoms with Crippen LogP contribution in [0.2, 0.25) is 0 Å². The predicted molar refractivity (Wildman–Crippen MR) is 76.6 cm³/mol. The molecule has 1 saturated carbocycles. The number of pyridine rings is 1. The highest BCUT2D eigenvalue weighted by molar-refractivity contribution is 5.98. The molecule has 3 rings (SSSR count). The summed E-state index contributed by atoms with van der Waals surface area (Å²) >= 11 is 0. The van der Waals surface area contributed by atoms with E-state index in [9.17, 15) is 4.79 Å². The van der Waals surface area contributed by atoms with Gasteiger partial charge in [-0.25, -0.2) is 4.98 Å². The summed E-state index contributed by atoms with van der Waals surface area (Å²) in [5.41, 5.74) is 0.786. The minimum atomic E-state index is 0.126. The quantitative estimate of drug-likeness (QED) is 0.762. The first-order valence-corrected chi connectivity index (χ1v) is 7.50. The standard InChI is InChI=1S/C16H22N2O/c1-12(19)14-8-4-10-17-16(14)18-11-5-7-13-6-2-3-9-15(13)18/h4,8,10,13,15H,2-3,5-7,9,11H2,1H3. The van der Waals surface area contributed by atoms with Gasteiger partial charge in [-0.05, 0) is 50.7 Å². The van der Waals surface area contributed by atoms with E-state index in [0.717, 1.165) is 23.8 Å². The molecule has 3 nitrogen and oxygen atoms in total. The number of ketones is 1. The number of nitrogens with zero attached hydrogens (tertiary/aromatic N) is 2. The number of piperidine rings is 1. The third kappa shape index (κ3) is 2.38. The van der Waals surface area contributed by atoms with E-state index in [0.29, 0.717) is 6.04 Å². The Hall–Kier alpha value is -1.38. The summed E-state index contributed by atoms with van der Waals surface area (Å²) in [5.74, 6) is 1.86. The second-order valence-corrected chi connectivity index (χ2v) is 5.88. The van der Waals surface area contributed by atoms with Crippen molar-refractivity contribution in [2.75, 3.05) is 11.4 Å². The van der Waals surface area contributed by atoms with Crippen LogP contribution >= 0.6 is 0 Å². The molecule has 3 heteroatoms. The molecule has 2 fully saturated rings. The van der Waals surface area contributed by atoms with Gasteiger partial charge >= 0.3 is 0 Å². The molecule has 0 N–H and O–H groups in total. The summed E-state index contributed by atoms with van der Waals surface area (Å²) in [4.78, 5) is 18.7. The zero-order chi connectivity index (χ0) is 13.2. The smallest absolute Gasteiger partial charge is 0.163 e. The highest BCUT2D eigenvalue weighted by atomic mass is 16.1. The molecule has 1 saturated heterocycles. The maximum atomic E-state index is 11.8. The molecule has 1 aliphatic heterocycles. The van der Waals surface area contributed by atoms with E-state index in [4.69, 9.17) is 0 Å². The Morgan fingerprint density at radius 3 is 2.89 bits per heavy atom. The van der Waals surface area contributed by atoms with Crippen molar-refractivity contribution in [2.45, 2.75) is 51.5 Å².